The first-order valence-electron chi connectivity index (χ1n) is 9.25. The van der Waals surface area contributed by atoms with Gasteiger partial charge in [-0.2, -0.15) is 5.10 Å². The van der Waals surface area contributed by atoms with Crippen LogP contribution in [-0.4, -0.2) is 18.4 Å². The fourth-order valence-electron chi connectivity index (χ4n) is 2.67. The Morgan fingerprint density at radius 1 is 1.07 bits per heavy atom. The fraction of sp³-hybridized carbons (Fsp3) is 0.130. The lowest BCUT2D eigenvalue weighted by Gasteiger charge is -2.11. The summed E-state index contributed by atoms with van der Waals surface area (Å²) < 4.78 is 11.3. The van der Waals surface area contributed by atoms with Gasteiger partial charge in [0.15, 0.2) is 16.6 Å². The number of thiocarbonyl (C=S) groups is 1. The highest BCUT2D eigenvalue weighted by molar-refractivity contribution is 7.80. The molecule has 0 bridgehead atoms. The van der Waals surface area contributed by atoms with Crippen molar-refractivity contribution < 1.29 is 9.47 Å². The maximum Gasteiger partial charge on any atom is 0.191 e. The van der Waals surface area contributed by atoms with Crippen molar-refractivity contribution in [2.75, 3.05) is 12.4 Å². The fourth-order valence-corrected chi connectivity index (χ4v) is 2.97. The van der Waals surface area contributed by atoms with Gasteiger partial charge in [0.05, 0.1) is 13.3 Å². The van der Waals surface area contributed by atoms with Gasteiger partial charge in [0.25, 0.3) is 0 Å². The predicted molar refractivity (Wildman–Crippen MR) is 127 cm³/mol. The van der Waals surface area contributed by atoms with Crippen molar-refractivity contribution in [1.82, 2.24) is 5.43 Å². The number of anilines is 1. The van der Waals surface area contributed by atoms with Crippen LogP contribution in [-0.2, 0) is 6.61 Å². The molecule has 0 aliphatic rings. The van der Waals surface area contributed by atoms with Crippen molar-refractivity contribution >= 4 is 40.8 Å². The summed E-state index contributed by atoms with van der Waals surface area (Å²) in [4.78, 5) is 0. The third-order valence-corrected chi connectivity index (χ3v) is 4.60. The summed E-state index contributed by atoms with van der Waals surface area (Å²) in [5, 5.41) is 8.37. The van der Waals surface area contributed by atoms with Crippen molar-refractivity contribution in [3.05, 3.63) is 88.4 Å². The largest absolute Gasteiger partial charge is 0.493 e. The second kappa shape index (κ2) is 10.6. The van der Waals surface area contributed by atoms with E-state index >= 15 is 0 Å². The molecule has 0 heterocycles. The van der Waals surface area contributed by atoms with Gasteiger partial charge in [0.1, 0.15) is 6.61 Å². The van der Waals surface area contributed by atoms with Gasteiger partial charge in [0.2, 0.25) is 0 Å². The number of nitrogens with zero attached hydrogens (tertiary/aromatic N) is 1. The molecule has 0 aliphatic heterocycles. The number of hydrogen-bond acceptors (Lipinski definition) is 4. The van der Waals surface area contributed by atoms with Crippen LogP contribution < -0.4 is 20.2 Å². The van der Waals surface area contributed by atoms with Crippen LogP contribution in [0.5, 0.6) is 11.5 Å². The molecule has 0 radical (unpaired) electrons. The van der Waals surface area contributed by atoms with Crippen molar-refractivity contribution in [3.8, 4) is 11.5 Å². The molecule has 0 fully saturated rings. The van der Waals surface area contributed by atoms with Crippen LogP contribution in [0.25, 0.3) is 0 Å². The zero-order valence-corrected chi connectivity index (χ0v) is 18.3. The second-order valence-electron chi connectivity index (χ2n) is 6.52. The number of rotatable bonds is 7. The Bertz CT molecular complexity index is 1040. The first-order valence-corrected chi connectivity index (χ1v) is 10.0. The van der Waals surface area contributed by atoms with Crippen LogP contribution in [0.2, 0.25) is 5.02 Å². The summed E-state index contributed by atoms with van der Waals surface area (Å²) in [6, 6.07) is 21.0. The zero-order chi connectivity index (χ0) is 21.3. The summed E-state index contributed by atoms with van der Waals surface area (Å²) in [6.07, 6.45) is 1.66. The van der Waals surface area contributed by atoms with E-state index in [1.54, 1.807) is 13.3 Å². The smallest absolute Gasteiger partial charge is 0.191 e. The SMILES string of the molecule is COc1cc(/C=N\NC(=S)Nc2cccc(C)c2)ccc1OCc1ccc(Cl)cc1. The zero-order valence-electron chi connectivity index (χ0n) is 16.7. The topological polar surface area (TPSA) is 54.9 Å². The van der Waals surface area contributed by atoms with Crippen molar-refractivity contribution in [2.45, 2.75) is 13.5 Å². The number of benzene rings is 3. The Morgan fingerprint density at radius 2 is 1.87 bits per heavy atom. The molecule has 2 N–H and O–H groups in total. The van der Waals surface area contributed by atoms with Crippen molar-refractivity contribution in [3.63, 3.8) is 0 Å². The number of hydrogen-bond donors (Lipinski definition) is 2. The van der Waals surface area contributed by atoms with Gasteiger partial charge >= 0.3 is 0 Å². The van der Waals surface area contributed by atoms with Crippen LogP contribution in [0.3, 0.4) is 0 Å². The number of halogens is 1. The standard InChI is InChI=1S/C23H22ClN3O2S/c1-16-4-3-5-20(12-16)26-23(30)27-25-14-18-8-11-21(22(13-18)28-2)29-15-17-6-9-19(24)10-7-17/h3-14H,15H2,1-2H3,(H2,26,27,30)/b25-14-. The Hall–Kier alpha value is -3.09. The molecule has 3 aromatic carbocycles. The molecule has 5 nitrogen and oxygen atoms in total. The van der Waals surface area contributed by atoms with Gasteiger partial charge < -0.3 is 14.8 Å². The van der Waals surface area contributed by atoms with Crippen LogP contribution >= 0.6 is 23.8 Å². The lowest BCUT2D eigenvalue weighted by molar-refractivity contribution is 0.284. The number of hydrazone groups is 1. The van der Waals surface area contributed by atoms with E-state index in [0.717, 1.165) is 22.4 Å². The van der Waals surface area contributed by atoms with Crippen LogP contribution in [0.4, 0.5) is 5.69 Å². The van der Waals surface area contributed by atoms with E-state index in [-0.39, 0.29) is 0 Å². The molecule has 3 rings (SSSR count). The highest BCUT2D eigenvalue weighted by Gasteiger charge is 2.06. The highest BCUT2D eigenvalue weighted by Crippen LogP contribution is 2.28. The minimum atomic E-state index is 0.409. The highest BCUT2D eigenvalue weighted by atomic mass is 35.5. The van der Waals surface area contributed by atoms with Gasteiger partial charge in [-0.15, -0.1) is 0 Å². The van der Waals surface area contributed by atoms with E-state index in [9.17, 15) is 0 Å². The summed E-state index contributed by atoms with van der Waals surface area (Å²) in [5.74, 6) is 1.27. The quantitative estimate of drug-likeness (QED) is 0.287. The lowest BCUT2D eigenvalue weighted by Crippen LogP contribution is -2.23. The third kappa shape index (κ3) is 6.47. The van der Waals surface area contributed by atoms with Crippen LogP contribution in [0.1, 0.15) is 16.7 Å². The molecule has 0 aliphatic carbocycles. The van der Waals surface area contributed by atoms with Crippen molar-refractivity contribution in [2.24, 2.45) is 5.10 Å². The van der Waals surface area contributed by atoms with Crippen LogP contribution in [0.15, 0.2) is 71.8 Å². The van der Waals surface area contributed by atoms with Gasteiger partial charge in [-0.3, -0.25) is 5.43 Å². The number of methoxy groups -OCH3 is 1. The summed E-state index contributed by atoms with van der Waals surface area (Å²) in [6.45, 7) is 2.44. The van der Waals surface area contributed by atoms with Gasteiger partial charge in [0, 0.05) is 10.7 Å². The molecule has 3 aromatic rings. The Kier molecular flexibility index (Phi) is 7.65. The van der Waals surface area contributed by atoms with Crippen LogP contribution in [0, 0.1) is 6.92 Å². The molecule has 0 amide bonds. The number of aryl methyl sites for hydroxylation is 1. The van der Waals surface area contributed by atoms with Gasteiger partial charge in [-0.1, -0.05) is 35.9 Å². The van der Waals surface area contributed by atoms with Gasteiger partial charge in [-0.25, -0.2) is 0 Å². The Morgan fingerprint density at radius 3 is 2.60 bits per heavy atom. The minimum Gasteiger partial charge on any atom is -0.493 e. The molecule has 154 valence electrons. The maximum atomic E-state index is 5.91. The van der Waals surface area contributed by atoms with Crippen molar-refractivity contribution in [1.29, 1.82) is 0 Å². The second-order valence-corrected chi connectivity index (χ2v) is 7.36. The summed E-state index contributed by atoms with van der Waals surface area (Å²) in [7, 11) is 1.60. The normalized spacial score (nSPS) is 10.6. The molecule has 0 saturated carbocycles. The van der Waals surface area contributed by atoms with E-state index in [1.165, 1.54) is 0 Å². The molecule has 0 aromatic heterocycles. The first kappa shape index (κ1) is 21.6. The molecular weight excluding hydrogens is 418 g/mol. The minimum absolute atomic E-state index is 0.409. The molecule has 30 heavy (non-hydrogen) atoms. The summed E-state index contributed by atoms with van der Waals surface area (Å²) in [5.41, 5.74) is 6.73. The predicted octanol–water partition coefficient (Wildman–Crippen LogP) is 5.56. The molecular formula is C23H22ClN3O2S. The van der Waals surface area contributed by atoms with E-state index in [2.05, 4.69) is 15.8 Å². The van der Waals surface area contributed by atoms with E-state index in [1.807, 2.05) is 73.7 Å². The van der Waals surface area contributed by atoms with E-state index in [0.29, 0.717) is 28.2 Å². The number of ether oxygens (including phenoxy) is 2. The summed E-state index contributed by atoms with van der Waals surface area (Å²) >= 11 is 11.2. The maximum absolute atomic E-state index is 5.91. The average Bonchev–Trinajstić information content (AvgIpc) is 2.73. The first-order chi connectivity index (χ1) is 14.5. The average molecular weight is 440 g/mol. The Balaban J connectivity index is 1.57. The van der Waals surface area contributed by atoms with Gasteiger partial charge in [-0.05, 0) is 78.3 Å². The molecule has 0 spiro atoms. The third-order valence-electron chi connectivity index (χ3n) is 4.15. The lowest BCUT2D eigenvalue weighted by atomic mass is 10.2. The monoisotopic (exact) mass is 439 g/mol. The molecule has 0 unspecified atom stereocenters. The number of nitrogens with one attached hydrogen (secondary N) is 2. The Labute approximate surface area is 186 Å². The molecule has 0 atom stereocenters. The molecule has 0 saturated heterocycles. The molecule has 7 heteroatoms. The van der Waals surface area contributed by atoms with E-state index < -0.39 is 0 Å². The van der Waals surface area contributed by atoms with E-state index in [4.69, 9.17) is 33.3 Å².